The van der Waals surface area contributed by atoms with Crippen LogP contribution < -0.4 is 14.9 Å². The van der Waals surface area contributed by atoms with Crippen molar-refractivity contribution in [3.8, 4) is 0 Å². The summed E-state index contributed by atoms with van der Waals surface area (Å²) in [5, 5.41) is 14.7. The van der Waals surface area contributed by atoms with Gasteiger partial charge in [0.25, 0.3) is 5.69 Å². The molecule has 2 aromatic carbocycles. The monoisotopic (exact) mass is 405 g/mol. The normalized spacial score (nSPS) is 16.0. The number of nitro groups is 1. The van der Waals surface area contributed by atoms with Gasteiger partial charge in [-0.15, -0.1) is 0 Å². The number of hydrogen-bond acceptors (Lipinski definition) is 5. The Morgan fingerprint density at radius 1 is 1.14 bits per heavy atom. The molecule has 1 aliphatic heterocycles. The second-order valence-corrected chi connectivity index (χ2v) is 8.74. The smallest absolute Gasteiger partial charge is 0.293 e. The molecular formula is C19H25N4O4S+. The number of nitrogens with zero attached hydrogens (tertiary/aromatic N) is 1. The zero-order valence-corrected chi connectivity index (χ0v) is 16.5. The molecular weight excluding hydrogens is 380 g/mol. The summed E-state index contributed by atoms with van der Waals surface area (Å²) in [5.74, 6) is 0. The molecule has 2 aromatic rings. The van der Waals surface area contributed by atoms with E-state index >= 15 is 0 Å². The van der Waals surface area contributed by atoms with Gasteiger partial charge in [-0.1, -0.05) is 30.3 Å². The molecule has 0 radical (unpaired) electrons. The van der Waals surface area contributed by atoms with Crippen LogP contribution in [0.15, 0.2) is 53.4 Å². The van der Waals surface area contributed by atoms with Crippen molar-refractivity contribution in [2.24, 2.45) is 0 Å². The Balaban J connectivity index is 1.86. The van der Waals surface area contributed by atoms with Crippen molar-refractivity contribution in [2.75, 3.05) is 32.0 Å². The molecule has 3 rings (SSSR count). The molecule has 3 N–H and O–H groups in total. The van der Waals surface area contributed by atoms with Gasteiger partial charge in [0.15, 0.2) is 0 Å². The first-order valence-corrected chi connectivity index (χ1v) is 10.8. The van der Waals surface area contributed by atoms with E-state index in [0.29, 0.717) is 12.2 Å². The number of sulfonamides is 1. The van der Waals surface area contributed by atoms with Crippen molar-refractivity contribution < 1.29 is 18.2 Å². The van der Waals surface area contributed by atoms with Crippen molar-refractivity contribution in [1.29, 1.82) is 0 Å². The van der Waals surface area contributed by atoms with Gasteiger partial charge in [-0.05, 0) is 19.2 Å². The minimum absolute atomic E-state index is 0.128. The fourth-order valence-electron chi connectivity index (χ4n) is 3.67. The summed E-state index contributed by atoms with van der Waals surface area (Å²) >= 11 is 0. The maximum atomic E-state index is 12.0. The highest BCUT2D eigenvalue weighted by atomic mass is 32.2. The van der Waals surface area contributed by atoms with Gasteiger partial charge >= 0.3 is 0 Å². The summed E-state index contributed by atoms with van der Waals surface area (Å²) < 4.78 is 26.1. The molecule has 0 bridgehead atoms. The molecule has 0 unspecified atom stereocenters. The maximum absolute atomic E-state index is 12.0. The highest BCUT2D eigenvalue weighted by molar-refractivity contribution is 7.89. The lowest BCUT2D eigenvalue weighted by Gasteiger charge is -2.25. The Bertz CT molecular complexity index is 928. The molecule has 0 amide bonds. The van der Waals surface area contributed by atoms with Crippen molar-refractivity contribution in [2.45, 2.75) is 23.8 Å². The first kappa shape index (κ1) is 20.2. The highest BCUT2D eigenvalue weighted by Crippen LogP contribution is 2.28. The molecule has 9 heteroatoms. The first-order chi connectivity index (χ1) is 13.4. The summed E-state index contributed by atoms with van der Waals surface area (Å²) in [5.41, 5.74) is 1.25. The van der Waals surface area contributed by atoms with Gasteiger partial charge in [0, 0.05) is 24.5 Å². The van der Waals surface area contributed by atoms with Gasteiger partial charge in [-0.3, -0.25) is 10.1 Å². The lowest BCUT2D eigenvalue weighted by atomic mass is 10.1. The van der Waals surface area contributed by atoms with Crippen LogP contribution in [0.1, 0.15) is 24.4 Å². The SMILES string of the molecule is CNS(=O)(=O)c1ccc(NC[C@@H](c2ccccc2)[NH+]2CCCC2)c([N+](=O)[O-])c1. The first-order valence-electron chi connectivity index (χ1n) is 9.28. The average molecular weight is 406 g/mol. The Kier molecular flexibility index (Phi) is 6.28. The maximum Gasteiger partial charge on any atom is 0.293 e. The molecule has 28 heavy (non-hydrogen) atoms. The van der Waals surface area contributed by atoms with E-state index in [1.54, 1.807) is 0 Å². The van der Waals surface area contributed by atoms with E-state index in [0.717, 1.165) is 19.2 Å². The fraction of sp³-hybridized carbons (Fsp3) is 0.368. The molecule has 0 aliphatic carbocycles. The van der Waals surface area contributed by atoms with Crippen LogP contribution in [0.25, 0.3) is 0 Å². The number of quaternary nitrogens is 1. The number of nitrogens with one attached hydrogen (secondary N) is 3. The molecule has 150 valence electrons. The zero-order valence-electron chi connectivity index (χ0n) is 15.7. The lowest BCUT2D eigenvalue weighted by Crippen LogP contribution is -3.11. The summed E-state index contributed by atoms with van der Waals surface area (Å²) in [7, 11) is -2.47. The minimum Gasteiger partial charge on any atom is -0.373 e. The topological polar surface area (TPSA) is 106 Å². The average Bonchev–Trinajstić information content (AvgIpc) is 3.23. The van der Waals surface area contributed by atoms with Crippen molar-refractivity contribution in [3.05, 3.63) is 64.2 Å². The van der Waals surface area contributed by atoms with E-state index in [-0.39, 0.29) is 16.6 Å². The predicted octanol–water partition coefficient (Wildman–Crippen LogP) is 1.33. The Morgan fingerprint density at radius 3 is 2.43 bits per heavy atom. The molecule has 1 aliphatic rings. The fourth-order valence-corrected chi connectivity index (χ4v) is 4.42. The number of rotatable bonds is 8. The van der Waals surface area contributed by atoms with E-state index in [1.807, 2.05) is 18.2 Å². The standard InChI is InChI=1S/C19H24N4O4S/c1-20-28(26,27)16-9-10-17(18(13-16)23(24)25)21-14-19(22-11-5-6-12-22)15-7-3-2-4-8-15/h2-4,7-10,13,19-21H,5-6,11-12,14H2,1H3/p+1/t19-/m0/s1. The molecule has 1 fully saturated rings. The number of hydrogen-bond donors (Lipinski definition) is 3. The number of benzene rings is 2. The van der Waals surface area contributed by atoms with Crippen LogP contribution in [0.2, 0.25) is 0 Å². The molecule has 1 heterocycles. The molecule has 0 saturated carbocycles. The largest absolute Gasteiger partial charge is 0.373 e. The summed E-state index contributed by atoms with van der Waals surface area (Å²) in [6, 6.07) is 14.2. The van der Waals surface area contributed by atoms with Gasteiger partial charge in [-0.2, -0.15) is 0 Å². The van der Waals surface area contributed by atoms with E-state index in [1.165, 1.54) is 42.5 Å². The number of nitro benzene ring substituents is 1. The summed E-state index contributed by atoms with van der Waals surface area (Å²) in [6.45, 7) is 2.67. The van der Waals surface area contributed by atoms with Gasteiger partial charge in [0.2, 0.25) is 10.0 Å². The molecule has 1 atom stereocenters. The van der Waals surface area contributed by atoms with Crippen molar-refractivity contribution >= 4 is 21.4 Å². The Hall–Kier alpha value is -2.49. The van der Waals surface area contributed by atoms with E-state index in [9.17, 15) is 18.5 Å². The minimum atomic E-state index is -3.74. The second-order valence-electron chi connectivity index (χ2n) is 6.85. The van der Waals surface area contributed by atoms with E-state index in [4.69, 9.17) is 0 Å². The highest BCUT2D eigenvalue weighted by Gasteiger charge is 2.28. The predicted molar refractivity (Wildman–Crippen MR) is 107 cm³/mol. The van der Waals surface area contributed by atoms with Gasteiger partial charge in [0.05, 0.1) is 29.5 Å². The van der Waals surface area contributed by atoms with Crippen LogP contribution in [0.4, 0.5) is 11.4 Å². The third-order valence-electron chi connectivity index (χ3n) is 5.18. The van der Waals surface area contributed by atoms with Crippen LogP contribution in [0.3, 0.4) is 0 Å². The van der Waals surface area contributed by atoms with E-state index < -0.39 is 14.9 Å². The van der Waals surface area contributed by atoms with Crippen LogP contribution in [-0.4, -0.2) is 40.0 Å². The van der Waals surface area contributed by atoms with Gasteiger partial charge in [0.1, 0.15) is 11.7 Å². The van der Waals surface area contributed by atoms with E-state index in [2.05, 4.69) is 22.2 Å². The third-order valence-corrected chi connectivity index (χ3v) is 6.59. The number of anilines is 1. The molecule has 0 aromatic heterocycles. The van der Waals surface area contributed by atoms with Crippen LogP contribution in [0.5, 0.6) is 0 Å². The molecule has 1 saturated heterocycles. The Labute approximate surface area is 164 Å². The number of likely N-dealkylation sites (tertiary alicyclic amines) is 1. The summed E-state index contributed by atoms with van der Waals surface area (Å²) in [6.07, 6.45) is 2.35. The van der Waals surface area contributed by atoms with Crippen LogP contribution >= 0.6 is 0 Å². The zero-order chi connectivity index (χ0) is 20.1. The lowest BCUT2D eigenvalue weighted by molar-refractivity contribution is -0.917. The van der Waals surface area contributed by atoms with Crippen molar-refractivity contribution in [1.82, 2.24) is 4.72 Å². The van der Waals surface area contributed by atoms with Crippen molar-refractivity contribution in [3.63, 3.8) is 0 Å². The summed E-state index contributed by atoms with van der Waals surface area (Å²) in [4.78, 5) is 12.3. The Morgan fingerprint density at radius 2 is 1.82 bits per heavy atom. The van der Waals surface area contributed by atoms with Crippen LogP contribution in [-0.2, 0) is 10.0 Å². The van der Waals surface area contributed by atoms with Crippen LogP contribution in [0, 0.1) is 10.1 Å². The molecule has 8 nitrogen and oxygen atoms in total. The molecule has 0 spiro atoms. The van der Waals surface area contributed by atoms with Gasteiger partial charge < -0.3 is 10.2 Å². The second kappa shape index (κ2) is 8.68. The quantitative estimate of drug-likeness (QED) is 0.454. The van der Waals surface area contributed by atoms with Gasteiger partial charge in [-0.25, -0.2) is 13.1 Å². The third kappa shape index (κ3) is 4.49.